The predicted octanol–water partition coefficient (Wildman–Crippen LogP) is 2.69. The van der Waals surface area contributed by atoms with E-state index in [0.29, 0.717) is 11.5 Å². The fraction of sp³-hybridized carbons (Fsp3) is 0.353. The maximum absolute atomic E-state index is 12.2. The number of amides is 2. The van der Waals surface area contributed by atoms with E-state index in [4.69, 9.17) is 4.52 Å². The highest BCUT2D eigenvalue weighted by molar-refractivity contribution is 5.93. The number of rotatable bonds is 4. The largest absolute Gasteiger partial charge is 0.359 e. The van der Waals surface area contributed by atoms with Crippen LogP contribution in [0.5, 0.6) is 0 Å². The van der Waals surface area contributed by atoms with E-state index in [1.54, 1.807) is 12.1 Å². The number of aryl methyl sites for hydroxylation is 1. The summed E-state index contributed by atoms with van der Waals surface area (Å²) in [5.41, 5.74) is 2.53. The van der Waals surface area contributed by atoms with Crippen LogP contribution in [0.2, 0.25) is 0 Å². The Morgan fingerprint density at radius 2 is 2.04 bits per heavy atom. The Bertz CT molecular complexity index is 736. The van der Waals surface area contributed by atoms with Gasteiger partial charge >= 0.3 is 0 Å². The minimum absolute atomic E-state index is 0.138. The van der Waals surface area contributed by atoms with Crippen LogP contribution in [0, 0.1) is 0 Å². The summed E-state index contributed by atoms with van der Waals surface area (Å²) in [6, 6.07) is 7.24. The van der Waals surface area contributed by atoms with Gasteiger partial charge in [-0.1, -0.05) is 17.3 Å². The fourth-order valence-corrected chi connectivity index (χ4v) is 2.81. The summed E-state index contributed by atoms with van der Waals surface area (Å²) < 4.78 is 5.29. The molecule has 0 aliphatic heterocycles. The molecule has 0 unspecified atom stereocenters. The third-order valence-electron chi connectivity index (χ3n) is 3.82. The number of aromatic nitrogens is 1. The van der Waals surface area contributed by atoms with E-state index in [2.05, 4.69) is 15.8 Å². The van der Waals surface area contributed by atoms with Crippen LogP contribution in [0.25, 0.3) is 0 Å². The van der Waals surface area contributed by atoms with Crippen molar-refractivity contribution in [1.29, 1.82) is 0 Å². The van der Waals surface area contributed by atoms with Crippen LogP contribution in [0.4, 0.5) is 11.5 Å². The Labute approximate surface area is 134 Å². The van der Waals surface area contributed by atoms with Gasteiger partial charge in [0.25, 0.3) is 0 Å². The zero-order valence-corrected chi connectivity index (χ0v) is 13.0. The molecule has 2 aromatic rings. The quantitative estimate of drug-likeness (QED) is 0.909. The van der Waals surface area contributed by atoms with Gasteiger partial charge in [-0.25, -0.2) is 0 Å². The number of nitrogens with one attached hydrogen (secondary N) is 2. The molecular weight excluding hydrogens is 294 g/mol. The number of carbonyl (C=O) groups excluding carboxylic acids is 2. The van der Waals surface area contributed by atoms with Crippen molar-refractivity contribution in [3.05, 3.63) is 41.2 Å². The van der Waals surface area contributed by atoms with E-state index in [9.17, 15) is 9.59 Å². The molecule has 0 saturated heterocycles. The molecule has 1 aromatic carbocycles. The molecule has 1 heterocycles. The van der Waals surface area contributed by atoms with Crippen LogP contribution in [0.15, 0.2) is 28.8 Å². The van der Waals surface area contributed by atoms with Crippen molar-refractivity contribution in [3.8, 4) is 0 Å². The molecule has 0 radical (unpaired) electrons. The van der Waals surface area contributed by atoms with Crippen molar-refractivity contribution >= 4 is 23.3 Å². The average molecular weight is 313 g/mol. The third kappa shape index (κ3) is 3.77. The van der Waals surface area contributed by atoms with E-state index >= 15 is 0 Å². The Morgan fingerprint density at radius 1 is 1.22 bits per heavy atom. The Balaban J connectivity index is 1.65. The molecule has 0 bridgehead atoms. The van der Waals surface area contributed by atoms with Crippen molar-refractivity contribution in [2.75, 3.05) is 10.6 Å². The average Bonchev–Trinajstić information content (AvgIpc) is 2.90. The van der Waals surface area contributed by atoms with Crippen molar-refractivity contribution in [3.63, 3.8) is 0 Å². The Hall–Kier alpha value is -2.63. The number of carbonyl (C=O) groups is 2. The van der Waals surface area contributed by atoms with Crippen LogP contribution in [-0.4, -0.2) is 17.0 Å². The molecule has 120 valence electrons. The second-order valence-corrected chi connectivity index (χ2v) is 5.75. The zero-order valence-electron chi connectivity index (χ0n) is 13.0. The molecule has 0 spiro atoms. The lowest BCUT2D eigenvalue weighted by Crippen LogP contribution is -2.16. The first-order valence-corrected chi connectivity index (χ1v) is 7.75. The monoisotopic (exact) mass is 313 g/mol. The normalized spacial score (nSPS) is 13.3. The maximum Gasteiger partial charge on any atom is 0.230 e. The van der Waals surface area contributed by atoms with Crippen LogP contribution >= 0.6 is 0 Å². The molecule has 3 rings (SSSR count). The van der Waals surface area contributed by atoms with E-state index in [-0.39, 0.29) is 18.2 Å². The van der Waals surface area contributed by atoms with Crippen LogP contribution in [-0.2, 0) is 28.9 Å². The van der Waals surface area contributed by atoms with Crippen LogP contribution in [0.3, 0.4) is 0 Å². The van der Waals surface area contributed by atoms with Gasteiger partial charge in [0, 0.05) is 24.6 Å². The fourth-order valence-electron chi connectivity index (χ4n) is 2.81. The second kappa shape index (κ2) is 6.64. The van der Waals surface area contributed by atoms with Gasteiger partial charge in [-0.3, -0.25) is 9.59 Å². The summed E-state index contributed by atoms with van der Waals surface area (Å²) in [5, 5.41) is 9.51. The Morgan fingerprint density at radius 3 is 2.87 bits per heavy atom. The van der Waals surface area contributed by atoms with Crippen molar-refractivity contribution in [1.82, 2.24) is 5.16 Å². The van der Waals surface area contributed by atoms with Crippen LogP contribution in [0.1, 0.15) is 36.7 Å². The number of anilines is 2. The highest BCUT2D eigenvalue weighted by Crippen LogP contribution is 2.27. The SMILES string of the molecule is CC(=O)Nc1cccc(CC(=O)Nc2noc3c2CCCC3)c1. The molecule has 2 N–H and O–H groups in total. The van der Waals surface area contributed by atoms with E-state index in [1.165, 1.54) is 6.92 Å². The second-order valence-electron chi connectivity index (χ2n) is 5.75. The lowest BCUT2D eigenvalue weighted by molar-refractivity contribution is -0.116. The molecule has 1 aliphatic rings. The van der Waals surface area contributed by atoms with Gasteiger partial charge in [0.15, 0.2) is 5.82 Å². The minimum Gasteiger partial charge on any atom is -0.359 e. The molecular formula is C17H19N3O3. The summed E-state index contributed by atoms with van der Waals surface area (Å²) >= 11 is 0. The van der Waals surface area contributed by atoms with Gasteiger partial charge in [0.1, 0.15) is 5.76 Å². The number of nitrogens with zero attached hydrogens (tertiary/aromatic N) is 1. The highest BCUT2D eigenvalue weighted by atomic mass is 16.5. The van der Waals surface area contributed by atoms with E-state index in [0.717, 1.165) is 42.6 Å². The smallest absolute Gasteiger partial charge is 0.230 e. The summed E-state index contributed by atoms with van der Waals surface area (Å²) in [6.45, 7) is 1.45. The maximum atomic E-state index is 12.2. The first kappa shape index (κ1) is 15.3. The summed E-state index contributed by atoms with van der Waals surface area (Å²) in [4.78, 5) is 23.3. The minimum atomic E-state index is -0.147. The molecule has 1 aromatic heterocycles. The number of hydrogen-bond acceptors (Lipinski definition) is 4. The van der Waals surface area contributed by atoms with Gasteiger partial charge in [0.2, 0.25) is 11.8 Å². The first-order valence-electron chi connectivity index (χ1n) is 7.75. The third-order valence-corrected chi connectivity index (χ3v) is 3.82. The van der Waals surface area contributed by atoms with Gasteiger partial charge in [-0.15, -0.1) is 0 Å². The summed E-state index contributed by atoms with van der Waals surface area (Å²) in [5.74, 6) is 1.15. The topological polar surface area (TPSA) is 84.2 Å². The lowest BCUT2D eigenvalue weighted by Gasteiger charge is -2.10. The molecule has 0 atom stereocenters. The van der Waals surface area contributed by atoms with Crippen molar-refractivity contribution in [2.45, 2.75) is 39.0 Å². The molecule has 2 amide bonds. The van der Waals surface area contributed by atoms with Gasteiger partial charge in [-0.2, -0.15) is 0 Å². The van der Waals surface area contributed by atoms with Crippen LogP contribution < -0.4 is 10.6 Å². The van der Waals surface area contributed by atoms with E-state index < -0.39 is 0 Å². The predicted molar refractivity (Wildman–Crippen MR) is 86.2 cm³/mol. The lowest BCUT2D eigenvalue weighted by atomic mass is 9.98. The molecule has 23 heavy (non-hydrogen) atoms. The summed E-state index contributed by atoms with van der Waals surface area (Å²) in [6.07, 6.45) is 4.19. The molecule has 6 nitrogen and oxygen atoms in total. The highest BCUT2D eigenvalue weighted by Gasteiger charge is 2.20. The van der Waals surface area contributed by atoms with Gasteiger partial charge in [0.05, 0.1) is 6.42 Å². The summed E-state index contributed by atoms with van der Waals surface area (Å²) in [7, 11) is 0. The molecule has 0 fully saturated rings. The van der Waals surface area contributed by atoms with Gasteiger partial charge < -0.3 is 15.2 Å². The first-order chi connectivity index (χ1) is 11.1. The number of fused-ring (bicyclic) bond motifs is 1. The van der Waals surface area contributed by atoms with Crippen molar-refractivity contribution in [2.24, 2.45) is 0 Å². The zero-order chi connectivity index (χ0) is 16.2. The molecule has 6 heteroatoms. The molecule has 1 aliphatic carbocycles. The number of benzene rings is 1. The van der Waals surface area contributed by atoms with E-state index in [1.807, 2.05) is 12.1 Å². The Kier molecular flexibility index (Phi) is 4.41. The van der Waals surface area contributed by atoms with Gasteiger partial charge in [-0.05, 0) is 37.0 Å². The van der Waals surface area contributed by atoms with Crippen molar-refractivity contribution < 1.29 is 14.1 Å². The molecule has 0 saturated carbocycles. The number of hydrogen-bond donors (Lipinski definition) is 2. The standard InChI is InChI=1S/C17H19N3O3/c1-11(21)18-13-6-4-5-12(9-13)10-16(22)19-17-14-7-2-3-8-15(14)23-20-17/h4-6,9H,2-3,7-8,10H2,1H3,(H,18,21)(H,19,20,22).